The highest BCUT2D eigenvalue weighted by Gasteiger charge is 2.40. The molecular weight excluding hydrogens is 397 g/mol. The Balaban J connectivity index is 1.56. The standard InChI is InChI=1S/C24H28FN3O3/c1-16-14-24(30,11-12-27(16)22(29)31-23(2,3)4)18-5-10-21-17(13-18)15-26-28(21)20-8-6-19(25)7-9-20/h5-10,13,15-16,30H,11-12,14H2,1-4H3/t16-,24-/m1/s1. The second-order valence-corrected chi connectivity index (χ2v) is 9.31. The van der Waals surface area contributed by atoms with Gasteiger partial charge in [-0.05, 0) is 76.1 Å². The van der Waals surface area contributed by atoms with E-state index >= 15 is 0 Å². The maximum Gasteiger partial charge on any atom is 0.410 e. The quantitative estimate of drug-likeness (QED) is 0.642. The van der Waals surface area contributed by atoms with Crippen LogP contribution in [0.1, 0.15) is 46.1 Å². The minimum atomic E-state index is -1.04. The van der Waals surface area contributed by atoms with Crippen molar-refractivity contribution in [3.63, 3.8) is 0 Å². The Hall–Kier alpha value is -2.93. The zero-order chi connectivity index (χ0) is 22.4. The monoisotopic (exact) mass is 425 g/mol. The van der Waals surface area contributed by atoms with Crippen LogP contribution in [-0.2, 0) is 10.3 Å². The van der Waals surface area contributed by atoms with Gasteiger partial charge in [-0.15, -0.1) is 0 Å². The molecule has 1 aliphatic heterocycles. The molecular formula is C24H28FN3O3. The molecule has 1 aliphatic rings. The molecule has 2 aromatic carbocycles. The first kappa shape index (κ1) is 21.3. The molecule has 0 bridgehead atoms. The molecule has 0 saturated carbocycles. The molecule has 1 fully saturated rings. The van der Waals surface area contributed by atoms with Crippen molar-refractivity contribution in [2.75, 3.05) is 6.54 Å². The lowest BCUT2D eigenvalue weighted by Gasteiger charge is -2.43. The number of ether oxygens (including phenoxy) is 1. The highest BCUT2D eigenvalue weighted by Crippen LogP contribution is 2.37. The van der Waals surface area contributed by atoms with Crippen LogP contribution in [0.3, 0.4) is 0 Å². The Morgan fingerprint density at radius 2 is 1.94 bits per heavy atom. The number of hydrogen-bond acceptors (Lipinski definition) is 4. The summed E-state index contributed by atoms with van der Waals surface area (Å²) < 4.78 is 20.5. The van der Waals surface area contributed by atoms with Gasteiger partial charge in [-0.1, -0.05) is 6.07 Å². The molecule has 4 rings (SSSR count). The third kappa shape index (κ3) is 4.28. The van der Waals surface area contributed by atoms with Crippen LogP contribution in [-0.4, -0.2) is 44.1 Å². The van der Waals surface area contributed by atoms with Crippen LogP contribution in [0, 0.1) is 5.82 Å². The number of rotatable bonds is 2. The second kappa shape index (κ2) is 7.64. The number of nitrogens with zero attached hydrogens (tertiary/aromatic N) is 3. The molecule has 0 aliphatic carbocycles. The number of carbonyl (C=O) groups excluding carboxylic acids is 1. The lowest BCUT2D eigenvalue weighted by Crippen LogP contribution is -2.51. The van der Waals surface area contributed by atoms with Crippen molar-refractivity contribution in [3.05, 3.63) is 60.0 Å². The summed E-state index contributed by atoms with van der Waals surface area (Å²) in [6, 6.07) is 11.8. The zero-order valence-electron chi connectivity index (χ0n) is 18.3. The van der Waals surface area contributed by atoms with Crippen molar-refractivity contribution in [2.45, 2.75) is 57.8 Å². The fourth-order valence-electron chi connectivity index (χ4n) is 4.19. The Morgan fingerprint density at radius 1 is 1.23 bits per heavy atom. The van der Waals surface area contributed by atoms with E-state index in [-0.39, 0.29) is 18.0 Å². The number of likely N-dealkylation sites (tertiary alicyclic amines) is 1. The molecule has 164 valence electrons. The van der Waals surface area contributed by atoms with E-state index in [1.54, 1.807) is 27.9 Å². The SMILES string of the molecule is C[C@@H]1C[C@@](O)(c2ccc3c(cnn3-c3ccc(F)cc3)c2)CCN1C(=O)OC(C)(C)C. The topological polar surface area (TPSA) is 67.6 Å². The van der Waals surface area contributed by atoms with E-state index in [1.807, 2.05) is 45.9 Å². The van der Waals surface area contributed by atoms with Crippen LogP contribution in [0.4, 0.5) is 9.18 Å². The summed E-state index contributed by atoms with van der Waals surface area (Å²) in [4.78, 5) is 14.2. The Kier molecular flexibility index (Phi) is 5.25. The maximum absolute atomic E-state index is 13.2. The predicted octanol–water partition coefficient (Wildman–Crippen LogP) is 4.77. The van der Waals surface area contributed by atoms with Gasteiger partial charge in [-0.3, -0.25) is 0 Å². The van der Waals surface area contributed by atoms with Gasteiger partial charge in [0, 0.05) is 24.4 Å². The largest absolute Gasteiger partial charge is 0.444 e. The Bertz CT molecular complexity index is 1100. The molecule has 3 aromatic rings. The molecule has 0 radical (unpaired) electrons. The third-order valence-electron chi connectivity index (χ3n) is 5.74. The lowest BCUT2D eigenvalue weighted by molar-refractivity contribution is -0.0545. The van der Waals surface area contributed by atoms with Crippen molar-refractivity contribution in [1.29, 1.82) is 0 Å². The van der Waals surface area contributed by atoms with E-state index in [0.29, 0.717) is 19.4 Å². The predicted molar refractivity (Wildman–Crippen MR) is 117 cm³/mol. The lowest BCUT2D eigenvalue weighted by atomic mass is 9.81. The Morgan fingerprint density at radius 3 is 2.58 bits per heavy atom. The highest BCUT2D eigenvalue weighted by atomic mass is 19.1. The normalized spacial score (nSPS) is 22.0. The van der Waals surface area contributed by atoms with E-state index in [2.05, 4.69) is 5.10 Å². The number of fused-ring (bicyclic) bond motifs is 1. The smallest absolute Gasteiger partial charge is 0.410 e. The average molecular weight is 426 g/mol. The molecule has 2 heterocycles. The van der Waals surface area contributed by atoms with Gasteiger partial charge in [0.2, 0.25) is 0 Å². The summed E-state index contributed by atoms with van der Waals surface area (Å²) in [5, 5.41) is 16.7. The number of carbonyl (C=O) groups is 1. The fraction of sp³-hybridized carbons (Fsp3) is 0.417. The van der Waals surface area contributed by atoms with Gasteiger partial charge in [0.1, 0.15) is 11.4 Å². The minimum Gasteiger partial charge on any atom is -0.444 e. The third-order valence-corrected chi connectivity index (χ3v) is 5.74. The fourth-order valence-corrected chi connectivity index (χ4v) is 4.19. The van der Waals surface area contributed by atoms with Gasteiger partial charge in [0.05, 0.1) is 23.0 Å². The van der Waals surface area contributed by atoms with E-state index in [9.17, 15) is 14.3 Å². The summed E-state index contributed by atoms with van der Waals surface area (Å²) in [6.07, 6.45) is 2.24. The number of hydrogen-bond donors (Lipinski definition) is 1. The van der Waals surface area contributed by atoms with Gasteiger partial charge in [-0.2, -0.15) is 5.10 Å². The number of halogens is 1. The summed E-state index contributed by atoms with van der Waals surface area (Å²) in [6.45, 7) is 7.88. The van der Waals surface area contributed by atoms with Crippen molar-refractivity contribution in [3.8, 4) is 5.69 Å². The van der Waals surface area contributed by atoms with Crippen molar-refractivity contribution < 1.29 is 19.0 Å². The molecule has 2 atom stereocenters. The Labute approximate surface area is 181 Å². The van der Waals surface area contributed by atoms with E-state index in [4.69, 9.17) is 4.74 Å². The summed E-state index contributed by atoms with van der Waals surface area (Å²) in [5.74, 6) is -0.295. The first-order chi connectivity index (χ1) is 14.6. The van der Waals surface area contributed by atoms with E-state index in [1.165, 1.54) is 12.1 Å². The molecule has 1 amide bonds. The van der Waals surface area contributed by atoms with Crippen LogP contribution < -0.4 is 0 Å². The minimum absolute atomic E-state index is 0.161. The zero-order valence-corrected chi connectivity index (χ0v) is 18.3. The number of amides is 1. The molecule has 0 unspecified atom stereocenters. The highest BCUT2D eigenvalue weighted by molar-refractivity contribution is 5.81. The number of aromatic nitrogens is 2. The van der Waals surface area contributed by atoms with Crippen LogP contribution in [0.25, 0.3) is 16.6 Å². The van der Waals surface area contributed by atoms with Crippen molar-refractivity contribution >= 4 is 17.0 Å². The van der Waals surface area contributed by atoms with Crippen LogP contribution in [0.2, 0.25) is 0 Å². The number of benzene rings is 2. The van der Waals surface area contributed by atoms with E-state index < -0.39 is 11.2 Å². The van der Waals surface area contributed by atoms with Crippen molar-refractivity contribution in [1.82, 2.24) is 14.7 Å². The molecule has 6 nitrogen and oxygen atoms in total. The molecule has 7 heteroatoms. The van der Waals surface area contributed by atoms with Gasteiger partial charge >= 0.3 is 6.09 Å². The summed E-state index contributed by atoms with van der Waals surface area (Å²) in [7, 11) is 0. The maximum atomic E-state index is 13.2. The number of aliphatic hydroxyl groups is 1. The summed E-state index contributed by atoms with van der Waals surface area (Å²) >= 11 is 0. The second-order valence-electron chi connectivity index (χ2n) is 9.31. The first-order valence-electron chi connectivity index (χ1n) is 10.5. The van der Waals surface area contributed by atoms with Gasteiger partial charge in [0.25, 0.3) is 0 Å². The summed E-state index contributed by atoms with van der Waals surface area (Å²) in [5.41, 5.74) is 0.847. The van der Waals surface area contributed by atoms with Crippen LogP contribution >= 0.6 is 0 Å². The van der Waals surface area contributed by atoms with Crippen LogP contribution in [0.15, 0.2) is 48.7 Å². The van der Waals surface area contributed by atoms with Gasteiger partial charge in [-0.25, -0.2) is 13.9 Å². The van der Waals surface area contributed by atoms with E-state index in [0.717, 1.165) is 22.2 Å². The average Bonchev–Trinajstić information content (AvgIpc) is 3.10. The first-order valence-corrected chi connectivity index (χ1v) is 10.5. The number of piperidine rings is 1. The van der Waals surface area contributed by atoms with Crippen LogP contribution in [0.5, 0.6) is 0 Å². The van der Waals surface area contributed by atoms with Gasteiger partial charge < -0.3 is 14.7 Å². The van der Waals surface area contributed by atoms with Crippen molar-refractivity contribution in [2.24, 2.45) is 0 Å². The molecule has 31 heavy (non-hydrogen) atoms. The molecule has 1 aromatic heterocycles. The van der Waals surface area contributed by atoms with Gasteiger partial charge in [0.15, 0.2) is 0 Å². The molecule has 1 N–H and O–H groups in total. The molecule has 0 spiro atoms. The molecule has 1 saturated heterocycles.